The van der Waals surface area contributed by atoms with Gasteiger partial charge in [0, 0.05) is 12.8 Å². The fourth-order valence-electron chi connectivity index (χ4n) is 8.82. The highest BCUT2D eigenvalue weighted by molar-refractivity contribution is 7.45. The smallest absolute Gasteiger partial charge is 0.306 e. The molecule has 0 radical (unpaired) electrons. The number of nitrogens with zero attached hydrogens (tertiary/aromatic N) is 1. The van der Waals surface area contributed by atoms with Gasteiger partial charge >= 0.3 is 5.97 Å². The van der Waals surface area contributed by atoms with Crippen molar-refractivity contribution in [3.05, 3.63) is 158 Å². The first kappa shape index (κ1) is 80.6. The molecule has 9 nitrogen and oxygen atoms in total. The van der Waals surface area contributed by atoms with Crippen molar-refractivity contribution in [3.63, 3.8) is 0 Å². The average molecular weight is 1200 g/mol. The number of carbonyl (C=O) groups is 2. The number of nitrogens with one attached hydrogen (secondary N) is 1. The summed E-state index contributed by atoms with van der Waals surface area (Å²) < 4.78 is 30.4. The molecule has 0 aliphatic rings. The van der Waals surface area contributed by atoms with Gasteiger partial charge < -0.3 is 28.5 Å². The van der Waals surface area contributed by atoms with E-state index in [2.05, 4.69) is 172 Å². The zero-order valence-corrected chi connectivity index (χ0v) is 55.9. The number of hydrogen-bond acceptors (Lipinski definition) is 7. The molecular formula is C75H125N2O7P. The molecule has 0 aromatic rings. The van der Waals surface area contributed by atoms with Crippen LogP contribution < -0.4 is 10.2 Å². The minimum atomic E-state index is -4.73. The number of ether oxygens (including phenoxy) is 1. The van der Waals surface area contributed by atoms with E-state index in [1.165, 1.54) is 57.8 Å². The van der Waals surface area contributed by atoms with Crippen LogP contribution in [0.5, 0.6) is 0 Å². The van der Waals surface area contributed by atoms with Gasteiger partial charge in [0.1, 0.15) is 19.3 Å². The lowest BCUT2D eigenvalue weighted by atomic mass is 10.0. The van der Waals surface area contributed by atoms with Crippen molar-refractivity contribution in [1.29, 1.82) is 0 Å². The number of hydrogen-bond donors (Lipinski definition) is 1. The zero-order chi connectivity index (χ0) is 62.1. The second-order valence-electron chi connectivity index (χ2n) is 23.2. The topological polar surface area (TPSA) is 114 Å². The molecule has 0 aliphatic heterocycles. The average Bonchev–Trinajstić information content (AvgIpc) is 3.52. The van der Waals surface area contributed by atoms with Crippen LogP contribution in [-0.2, 0) is 27.9 Å². The third-order valence-corrected chi connectivity index (χ3v) is 14.9. The van der Waals surface area contributed by atoms with E-state index in [-0.39, 0.29) is 31.3 Å². The van der Waals surface area contributed by atoms with E-state index in [1.807, 2.05) is 33.3 Å². The largest absolute Gasteiger partial charge is 0.756 e. The van der Waals surface area contributed by atoms with E-state index < -0.39 is 26.6 Å². The SMILES string of the molecule is CC/C=C\C/C=C\C/C=C\C/C=C\C/C=C\C/C=C\CCCCCCC(=O)NC(COP(=O)([O-])OCC[N+](C)(C)C)C(/C=C/CCCCCCCCCCCCC)OC(=O)CCCCCC/C=C\C/C=C\C/C=C\C/C=C\C/C=C\C/C=C\CC. The molecule has 0 heterocycles. The predicted molar refractivity (Wildman–Crippen MR) is 366 cm³/mol. The third kappa shape index (κ3) is 63.9. The number of phosphoric ester groups is 1. The molecule has 3 atom stereocenters. The van der Waals surface area contributed by atoms with Crippen molar-refractivity contribution in [1.82, 2.24) is 5.32 Å². The van der Waals surface area contributed by atoms with Gasteiger partial charge in [0.05, 0.1) is 33.8 Å². The Morgan fingerprint density at radius 2 is 0.753 bits per heavy atom. The second kappa shape index (κ2) is 62.7. The maximum Gasteiger partial charge on any atom is 0.306 e. The number of carbonyl (C=O) groups excluding carboxylic acids is 2. The van der Waals surface area contributed by atoms with Gasteiger partial charge in [-0.25, -0.2) is 0 Å². The number of amides is 1. The number of phosphoric acid groups is 1. The summed E-state index contributed by atoms with van der Waals surface area (Å²) in [6.45, 7) is 6.56. The fourth-order valence-corrected chi connectivity index (χ4v) is 9.54. The minimum Gasteiger partial charge on any atom is -0.756 e. The van der Waals surface area contributed by atoms with Crippen LogP contribution >= 0.6 is 7.82 Å². The monoisotopic (exact) mass is 1200 g/mol. The molecule has 0 saturated heterocycles. The summed E-state index contributed by atoms with van der Waals surface area (Å²) in [5, 5.41) is 3.01. The minimum absolute atomic E-state index is 0.0416. The highest BCUT2D eigenvalue weighted by atomic mass is 31.2. The number of unbranched alkanes of at least 4 members (excludes halogenated alkanes) is 19. The molecule has 482 valence electrons. The lowest BCUT2D eigenvalue weighted by Crippen LogP contribution is -2.47. The van der Waals surface area contributed by atoms with Crippen molar-refractivity contribution in [2.75, 3.05) is 40.9 Å². The summed E-state index contributed by atoms with van der Waals surface area (Å²) in [4.78, 5) is 40.2. The van der Waals surface area contributed by atoms with E-state index >= 15 is 0 Å². The molecule has 1 amide bonds. The van der Waals surface area contributed by atoms with Gasteiger partial charge in [0.25, 0.3) is 7.82 Å². The van der Waals surface area contributed by atoms with Crippen molar-refractivity contribution in [2.45, 2.75) is 264 Å². The predicted octanol–water partition coefficient (Wildman–Crippen LogP) is 20.9. The Balaban J connectivity index is 5.32. The molecule has 85 heavy (non-hydrogen) atoms. The Hall–Kier alpha value is -4.37. The molecule has 0 aromatic carbocycles. The van der Waals surface area contributed by atoms with Gasteiger partial charge in [0.2, 0.25) is 5.91 Å². The molecule has 10 heteroatoms. The number of rotatable bonds is 59. The van der Waals surface area contributed by atoms with Crippen LogP contribution in [0, 0.1) is 0 Å². The summed E-state index contributed by atoms with van der Waals surface area (Å²) >= 11 is 0. The lowest BCUT2D eigenvalue weighted by molar-refractivity contribution is -0.870. The Morgan fingerprint density at radius 3 is 1.13 bits per heavy atom. The molecule has 0 aromatic heterocycles. The summed E-state index contributed by atoms with van der Waals surface area (Å²) in [6.07, 6.45) is 92.1. The zero-order valence-electron chi connectivity index (χ0n) is 55.0. The lowest BCUT2D eigenvalue weighted by Gasteiger charge is -2.30. The van der Waals surface area contributed by atoms with E-state index in [4.69, 9.17) is 13.8 Å². The number of allylic oxidation sites excluding steroid dienone is 25. The second-order valence-corrected chi connectivity index (χ2v) is 24.6. The molecule has 0 rings (SSSR count). The van der Waals surface area contributed by atoms with Gasteiger partial charge in [-0.15, -0.1) is 0 Å². The molecule has 0 fully saturated rings. The van der Waals surface area contributed by atoms with E-state index in [9.17, 15) is 19.0 Å². The molecule has 1 N–H and O–H groups in total. The first-order valence-electron chi connectivity index (χ1n) is 33.8. The van der Waals surface area contributed by atoms with Crippen LogP contribution in [0.2, 0.25) is 0 Å². The molecule has 0 saturated carbocycles. The van der Waals surface area contributed by atoms with Gasteiger partial charge in [-0.3, -0.25) is 14.2 Å². The van der Waals surface area contributed by atoms with Crippen LogP contribution in [0.3, 0.4) is 0 Å². The Morgan fingerprint density at radius 1 is 0.424 bits per heavy atom. The summed E-state index contributed by atoms with van der Waals surface area (Å²) in [7, 11) is 1.13. The number of likely N-dealkylation sites (N-methyl/N-ethyl adjacent to an activating group) is 1. The van der Waals surface area contributed by atoms with E-state index in [0.29, 0.717) is 23.9 Å². The van der Waals surface area contributed by atoms with Crippen molar-refractivity contribution in [3.8, 4) is 0 Å². The molecule has 0 bridgehead atoms. The molecule has 0 aliphatic carbocycles. The van der Waals surface area contributed by atoms with Crippen LogP contribution in [0.15, 0.2) is 158 Å². The van der Waals surface area contributed by atoms with Crippen LogP contribution in [0.4, 0.5) is 0 Å². The van der Waals surface area contributed by atoms with E-state index in [0.717, 1.165) is 148 Å². The summed E-state index contributed by atoms with van der Waals surface area (Å²) in [5.74, 6) is -0.610. The van der Waals surface area contributed by atoms with Gasteiger partial charge in [0.15, 0.2) is 0 Å². The number of quaternary nitrogens is 1. The highest BCUT2D eigenvalue weighted by Gasteiger charge is 2.27. The first-order chi connectivity index (χ1) is 41.4. The van der Waals surface area contributed by atoms with E-state index in [1.54, 1.807) is 0 Å². The van der Waals surface area contributed by atoms with Gasteiger partial charge in [-0.2, -0.15) is 0 Å². The van der Waals surface area contributed by atoms with Crippen molar-refractivity contribution in [2.24, 2.45) is 0 Å². The van der Waals surface area contributed by atoms with Crippen LogP contribution in [0.25, 0.3) is 0 Å². The fraction of sp³-hybridized carbons (Fsp3) is 0.627. The molecule has 0 spiro atoms. The van der Waals surface area contributed by atoms with Gasteiger partial charge in [-0.1, -0.05) is 263 Å². The Kier molecular flexibility index (Phi) is 59.5. The standard InChI is InChI=1S/C75H125N2O7P/c1-7-10-13-16-19-22-25-28-30-32-34-36-38-40-42-44-46-49-52-55-58-61-64-67-74(78)76-72(71-83-85(80,81)82-70-69-77(4,5)6)73(66-63-60-57-54-51-48-27-24-21-18-15-12-9-3)84-75(79)68-65-62-59-56-53-50-47-45-43-41-39-37-35-33-31-29-26-23-20-17-14-11-8-2/h10-11,13-14,19-20,22-23,28-31,34-37,40-43,46-47,49-50,63,66,72-73H,7-9,12,15-18,21,24-27,32-33,38-39,44-45,48,51-62,64-65,67-71H2,1-6H3,(H-,76,78,80,81)/b13-10-,14-11-,22-19-,23-20-,30-28-,31-29-,36-34-,37-35-,42-40-,43-41-,49-46-,50-47-,66-63+. The highest BCUT2D eigenvalue weighted by Crippen LogP contribution is 2.38. The van der Waals surface area contributed by atoms with Crippen LogP contribution in [0.1, 0.15) is 252 Å². The Labute approximate surface area is 522 Å². The molecular weight excluding hydrogens is 1070 g/mol. The van der Waals surface area contributed by atoms with Gasteiger partial charge in [-0.05, 0) is 134 Å². The quantitative estimate of drug-likeness (QED) is 0.0212. The maximum atomic E-state index is 13.6. The van der Waals surface area contributed by atoms with Crippen molar-refractivity contribution < 1.29 is 37.3 Å². The third-order valence-electron chi connectivity index (χ3n) is 14.0. The summed E-state index contributed by atoms with van der Waals surface area (Å²) in [6, 6.07) is -0.927. The number of esters is 1. The Bertz CT molecular complexity index is 2010. The first-order valence-corrected chi connectivity index (χ1v) is 35.3. The van der Waals surface area contributed by atoms with Crippen molar-refractivity contribution >= 4 is 19.7 Å². The normalized spacial score (nSPS) is 14.6. The summed E-state index contributed by atoms with van der Waals surface area (Å²) in [5.41, 5.74) is 0. The maximum absolute atomic E-state index is 13.6. The molecule has 3 unspecified atom stereocenters. The van der Waals surface area contributed by atoms with Crippen LogP contribution in [-0.4, -0.2) is 69.4 Å².